The first-order valence-electron chi connectivity index (χ1n) is 8.19. The van der Waals surface area contributed by atoms with Gasteiger partial charge in [-0.3, -0.25) is 14.5 Å². The lowest BCUT2D eigenvalue weighted by molar-refractivity contribution is -0.235. The van der Waals surface area contributed by atoms with Gasteiger partial charge in [0.25, 0.3) is 0 Å². The molecule has 5 atom stereocenters. The molecule has 1 N–H and O–H groups in total. The number of nitrogens with zero attached hydrogens (tertiary/aromatic N) is 1. The summed E-state index contributed by atoms with van der Waals surface area (Å²) in [6, 6.07) is 0.110. The highest BCUT2D eigenvalue weighted by Gasteiger charge is 2.61. The van der Waals surface area contributed by atoms with Gasteiger partial charge in [-0.1, -0.05) is 0 Å². The first-order chi connectivity index (χ1) is 11.0. The first-order valence-corrected chi connectivity index (χ1v) is 8.19. The molecule has 0 spiro atoms. The average molecular weight is 327 g/mol. The fourth-order valence-electron chi connectivity index (χ4n) is 4.66. The van der Waals surface area contributed by atoms with E-state index in [4.69, 9.17) is 14.2 Å². The molecule has 0 radical (unpaired) electrons. The van der Waals surface area contributed by atoms with Gasteiger partial charge < -0.3 is 19.3 Å². The number of aliphatic hydroxyl groups is 1. The van der Waals surface area contributed by atoms with Crippen LogP contribution in [0.2, 0.25) is 0 Å². The molecule has 7 nitrogen and oxygen atoms in total. The van der Waals surface area contributed by atoms with Crippen LogP contribution < -0.4 is 0 Å². The van der Waals surface area contributed by atoms with Gasteiger partial charge in [0.1, 0.15) is 24.3 Å². The zero-order valence-electron chi connectivity index (χ0n) is 13.7. The largest absolute Gasteiger partial charge is 0.469 e. The van der Waals surface area contributed by atoms with Crippen LogP contribution in [0.1, 0.15) is 32.1 Å². The summed E-state index contributed by atoms with van der Waals surface area (Å²) in [5.74, 6) is -1.32. The summed E-state index contributed by atoms with van der Waals surface area (Å²) in [6.07, 6.45) is 2.16. The molecular weight excluding hydrogens is 302 g/mol. The van der Waals surface area contributed by atoms with Crippen molar-refractivity contribution in [2.24, 2.45) is 5.92 Å². The number of Topliss-reactive ketones (excluding diaryl/α,β-unsaturated/α-hetero) is 1. The molecule has 0 unspecified atom stereocenters. The monoisotopic (exact) mass is 327 g/mol. The Bertz CT molecular complexity index is 483. The minimum atomic E-state index is -1.34. The predicted molar refractivity (Wildman–Crippen MR) is 79.6 cm³/mol. The van der Waals surface area contributed by atoms with E-state index in [0.717, 1.165) is 19.4 Å². The summed E-state index contributed by atoms with van der Waals surface area (Å²) in [5.41, 5.74) is -1.34. The van der Waals surface area contributed by atoms with Gasteiger partial charge >= 0.3 is 5.97 Å². The van der Waals surface area contributed by atoms with E-state index < -0.39 is 23.6 Å². The molecular formula is C16H25NO6. The summed E-state index contributed by atoms with van der Waals surface area (Å²) in [6.45, 7) is 0.980. The van der Waals surface area contributed by atoms with Crippen LogP contribution >= 0.6 is 0 Å². The van der Waals surface area contributed by atoms with Crippen molar-refractivity contribution >= 4 is 11.8 Å². The maximum absolute atomic E-state index is 12.6. The molecule has 2 aliphatic heterocycles. The number of hydrogen-bond donors (Lipinski definition) is 1. The van der Waals surface area contributed by atoms with E-state index in [-0.39, 0.29) is 31.1 Å². The molecule has 23 heavy (non-hydrogen) atoms. The van der Waals surface area contributed by atoms with E-state index in [1.54, 1.807) is 0 Å². The third-order valence-electron chi connectivity index (χ3n) is 5.61. The molecule has 2 saturated heterocycles. The molecule has 1 aliphatic carbocycles. The third-order valence-corrected chi connectivity index (χ3v) is 5.61. The minimum Gasteiger partial charge on any atom is -0.469 e. The lowest BCUT2D eigenvalue weighted by atomic mass is 9.63. The number of hydrogen-bond acceptors (Lipinski definition) is 7. The fourth-order valence-corrected chi connectivity index (χ4v) is 4.66. The van der Waals surface area contributed by atoms with Gasteiger partial charge in [0, 0.05) is 25.6 Å². The van der Waals surface area contributed by atoms with Gasteiger partial charge in [0.05, 0.1) is 19.4 Å². The van der Waals surface area contributed by atoms with Crippen LogP contribution in [0, 0.1) is 5.92 Å². The van der Waals surface area contributed by atoms with Crippen LogP contribution in [0.25, 0.3) is 0 Å². The number of carbonyl (C=O) groups excluding carboxylic acids is 2. The topological polar surface area (TPSA) is 85.3 Å². The Morgan fingerprint density at radius 2 is 2.22 bits per heavy atom. The zero-order chi connectivity index (χ0) is 16.6. The van der Waals surface area contributed by atoms with Crippen LogP contribution in [-0.2, 0) is 23.8 Å². The van der Waals surface area contributed by atoms with Gasteiger partial charge in [-0.2, -0.15) is 0 Å². The van der Waals surface area contributed by atoms with E-state index in [1.165, 1.54) is 14.2 Å². The van der Waals surface area contributed by atoms with Gasteiger partial charge in [-0.15, -0.1) is 0 Å². The summed E-state index contributed by atoms with van der Waals surface area (Å²) < 4.78 is 15.5. The Balaban J connectivity index is 1.91. The highest BCUT2D eigenvalue weighted by Crippen LogP contribution is 2.48. The summed E-state index contributed by atoms with van der Waals surface area (Å²) in [7, 11) is 2.82. The van der Waals surface area contributed by atoms with Crippen molar-refractivity contribution in [1.29, 1.82) is 0 Å². The minimum absolute atomic E-state index is 0.0382. The lowest BCUT2D eigenvalue weighted by Crippen LogP contribution is -2.70. The molecule has 7 heteroatoms. The van der Waals surface area contributed by atoms with Crippen molar-refractivity contribution in [3.8, 4) is 0 Å². The smallest absolute Gasteiger partial charge is 0.306 e. The number of ketones is 1. The van der Waals surface area contributed by atoms with Crippen LogP contribution in [0.4, 0.5) is 0 Å². The number of rotatable bonds is 5. The second-order valence-electron chi connectivity index (χ2n) is 6.79. The van der Waals surface area contributed by atoms with Crippen LogP contribution in [0.3, 0.4) is 0 Å². The molecule has 130 valence electrons. The number of piperidine rings is 1. The Morgan fingerprint density at radius 1 is 1.43 bits per heavy atom. The maximum Gasteiger partial charge on any atom is 0.306 e. The van der Waals surface area contributed by atoms with Crippen LogP contribution in [-0.4, -0.2) is 73.1 Å². The molecule has 2 bridgehead atoms. The van der Waals surface area contributed by atoms with Crippen molar-refractivity contribution in [2.75, 3.05) is 27.6 Å². The van der Waals surface area contributed by atoms with E-state index in [1.807, 2.05) is 0 Å². The van der Waals surface area contributed by atoms with Crippen molar-refractivity contribution in [1.82, 2.24) is 4.90 Å². The number of esters is 1. The molecule has 0 aromatic rings. The molecule has 3 fully saturated rings. The lowest BCUT2D eigenvalue weighted by Gasteiger charge is -2.56. The van der Waals surface area contributed by atoms with E-state index >= 15 is 0 Å². The van der Waals surface area contributed by atoms with Crippen molar-refractivity contribution in [2.45, 2.75) is 55.9 Å². The fraction of sp³-hybridized carbons (Fsp3) is 0.875. The zero-order valence-corrected chi connectivity index (χ0v) is 13.7. The molecule has 3 rings (SSSR count). The second kappa shape index (κ2) is 6.47. The van der Waals surface area contributed by atoms with E-state index in [0.29, 0.717) is 12.8 Å². The Labute approximate surface area is 135 Å². The van der Waals surface area contributed by atoms with E-state index in [2.05, 4.69) is 4.90 Å². The van der Waals surface area contributed by atoms with Crippen molar-refractivity contribution in [3.63, 3.8) is 0 Å². The third kappa shape index (κ3) is 2.80. The van der Waals surface area contributed by atoms with Crippen LogP contribution in [0.5, 0.6) is 0 Å². The first kappa shape index (κ1) is 16.8. The highest BCUT2D eigenvalue weighted by atomic mass is 16.7. The molecule has 0 aromatic heterocycles. The van der Waals surface area contributed by atoms with Gasteiger partial charge in [-0.25, -0.2) is 0 Å². The molecule has 2 heterocycles. The summed E-state index contributed by atoms with van der Waals surface area (Å²) in [5, 5.41) is 11.4. The highest BCUT2D eigenvalue weighted by molar-refractivity contribution is 5.88. The Hall–Kier alpha value is -1.02. The quantitative estimate of drug-likeness (QED) is 0.566. The molecule has 0 amide bonds. The van der Waals surface area contributed by atoms with Gasteiger partial charge in [0.15, 0.2) is 0 Å². The van der Waals surface area contributed by atoms with Crippen molar-refractivity contribution < 1.29 is 28.9 Å². The molecule has 3 aliphatic rings. The second-order valence-corrected chi connectivity index (χ2v) is 6.79. The van der Waals surface area contributed by atoms with Gasteiger partial charge in [-0.05, 0) is 25.8 Å². The van der Waals surface area contributed by atoms with Crippen molar-refractivity contribution in [3.05, 3.63) is 0 Å². The normalized spacial score (nSPS) is 40.0. The number of ether oxygens (including phenoxy) is 3. The number of methoxy groups -OCH3 is 2. The number of fused-ring (bicyclic) bond motifs is 4. The molecule has 1 saturated carbocycles. The summed E-state index contributed by atoms with van der Waals surface area (Å²) in [4.78, 5) is 26.6. The SMILES string of the molecule is COCO[C@@H]1[C@H]2CCCN2[C@H]2CC(=O)[C@@H](CC(=O)OC)[C@@]1(O)C2. The maximum atomic E-state index is 12.6. The molecule has 0 aromatic carbocycles. The predicted octanol–water partition coefficient (Wildman–Crippen LogP) is 0.0954. The Kier molecular flexibility index (Phi) is 4.73. The number of carbonyl (C=O) groups is 2. The standard InChI is InChI=1S/C16H25NO6/c1-21-9-23-15-12-4-3-5-17(12)10-6-13(18)11(7-14(19)22-2)16(15,20)8-10/h10-12,15,20H,3-9H2,1-2H3/t10-,11+,12+,15+,16-/m0/s1. The Morgan fingerprint density at radius 3 is 2.91 bits per heavy atom. The average Bonchev–Trinajstić information content (AvgIpc) is 3.00. The van der Waals surface area contributed by atoms with E-state index in [9.17, 15) is 14.7 Å². The van der Waals surface area contributed by atoms with Crippen LogP contribution in [0.15, 0.2) is 0 Å². The summed E-state index contributed by atoms with van der Waals surface area (Å²) >= 11 is 0. The van der Waals surface area contributed by atoms with Gasteiger partial charge in [0.2, 0.25) is 0 Å².